The van der Waals surface area contributed by atoms with E-state index >= 15 is 0 Å². The number of carbonyl (C=O) groups is 1. The molecule has 1 atom stereocenters. The Morgan fingerprint density at radius 3 is 3.12 bits per heavy atom. The van der Waals surface area contributed by atoms with Crippen molar-refractivity contribution in [1.82, 2.24) is 4.98 Å². The summed E-state index contributed by atoms with van der Waals surface area (Å²) in [6, 6.07) is 8.06. The highest BCUT2D eigenvalue weighted by Gasteiger charge is 2.30. The van der Waals surface area contributed by atoms with Gasteiger partial charge < -0.3 is 10.1 Å². The Labute approximate surface area is 147 Å². The highest BCUT2D eigenvalue weighted by Crippen LogP contribution is 2.33. The number of pyridine rings is 1. The minimum Gasteiger partial charge on any atom is -0.498 e. The molecule has 2 aromatic rings. The van der Waals surface area contributed by atoms with Gasteiger partial charge in [-0.25, -0.2) is 0 Å². The predicted octanol–water partition coefficient (Wildman–Crippen LogP) is 4.38. The van der Waals surface area contributed by atoms with Gasteiger partial charge in [-0.05, 0) is 30.9 Å². The summed E-state index contributed by atoms with van der Waals surface area (Å²) in [6.07, 6.45) is 9.42. The molecular weight excluding hydrogens is 312 g/mol. The van der Waals surface area contributed by atoms with Gasteiger partial charge in [-0.15, -0.1) is 0 Å². The largest absolute Gasteiger partial charge is 0.498 e. The molecule has 128 valence electrons. The molecule has 4 rings (SSSR count). The third-order valence-corrected chi connectivity index (χ3v) is 5.03. The number of benzene rings is 1. The molecule has 0 fully saturated rings. The minimum atomic E-state index is -0.142. The van der Waals surface area contributed by atoms with Crippen molar-refractivity contribution >= 4 is 22.5 Å². The molecule has 1 aliphatic carbocycles. The first-order valence-electron chi connectivity index (χ1n) is 8.97. The van der Waals surface area contributed by atoms with E-state index in [9.17, 15) is 4.79 Å². The van der Waals surface area contributed by atoms with Gasteiger partial charge in [0.2, 0.25) is 5.91 Å². The third-order valence-electron chi connectivity index (χ3n) is 5.03. The van der Waals surface area contributed by atoms with Crippen LogP contribution in [0.3, 0.4) is 0 Å². The van der Waals surface area contributed by atoms with E-state index in [2.05, 4.69) is 35.4 Å². The summed E-state index contributed by atoms with van der Waals surface area (Å²) in [5, 5.41) is 4.24. The summed E-state index contributed by atoms with van der Waals surface area (Å²) in [7, 11) is 0. The summed E-state index contributed by atoms with van der Waals surface area (Å²) in [5.41, 5.74) is 3.96. The van der Waals surface area contributed by atoms with E-state index in [1.165, 1.54) is 0 Å². The number of para-hydroxylation sites is 1. The van der Waals surface area contributed by atoms with Crippen LogP contribution in [-0.4, -0.2) is 17.5 Å². The molecular formula is C21H22N2O2. The Morgan fingerprint density at radius 1 is 1.36 bits per heavy atom. The number of allylic oxidation sites excluding steroid dienone is 3. The molecule has 2 heterocycles. The van der Waals surface area contributed by atoms with Crippen LogP contribution in [0, 0.1) is 5.92 Å². The van der Waals surface area contributed by atoms with Gasteiger partial charge in [-0.1, -0.05) is 37.3 Å². The Balaban J connectivity index is 1.65. The van der Waals surface area contributed by atoms with E-state index < -0.39 is 0 Å². The maximum absolute atomic E-state index is 13.0. The van der Waals surface area contributed by atoms with E-state index in [4.69, 9.17) is 4.74 Å². The number of carbonyl (C=O) groups excluding carboxylic acids is 1. The van der Waals surface area contributed by atoms with Crippen LogP contribution < -0.4 is 5.32 Å². The first-order valence-corrected chi connectivity index (χ1v) is 8.97. The van der Waals surface area contributed by atoms with E-state index in [-0.39, 0.29) is 11.8 Å². The monoisotopic (exact) mass is 334 g/mol. The number of hydrogen-bond acceptors (Lipinski definition) is 3. The zero-order valence-corrected chi connectivity index (χ0v) is 14.4. The zero-order chi connectivity index (χ0) is 17.2. The van der Waals surface area contributed by atoms with Crippen molar-refractivity contribution < 1.29 is 9.53 Å². The lowest BCUT2D eigenvalue weighted by Gasteiger charge is -2.28. The standard InChI is InChI=1S/C21H22N2O2/c1-2-14-15-7-3-5-9-18(15)22-13-19(14)23-21(24)17-11-12-25-20-10-6-4-8-16(17)20/h3-5,7-9,13,17H,2,6,10-12H2,1H3,(H,23,24). The van der Waals surface area contributed by atoms with Crippen molar-refractivity contribution in [2.75, 3.05) is 11.9 Å². The van der Waals surface area contributed by atoms with Crippen LogP contribution in [0.4, 0.5) is 5.69 Å². The van der Waals surface area contributed by atoms with Crippen molar-refractivity contribution in [2.24, 2.45) is 5.92 Å². The fraction of sp³-hybridized carbons (Fsp3) is 0.333. The molecule has 1 unspecified atom stereocenters. The van der Waals surface area contributed by atoms with E-state index in [0.717, 1.165) is 59.2 Å². The predicted molar refractivity (Wildman–Crippen MR) is 99.2 cm³/mol. The number of hydrogen-bond donors (Lipinski definition) is 1. The summed E-state index contributed by atoms with van der Waals surface area (Å²) in [4.78, 5) is 17.5. The second kappa shape index (κ2) is 6.71. The molecule has 1 amide bonds. The van der Waals surface area contributed by atoms with Crippen LogP contribution in [0.5, 0.6) is 0 Å². The molecule has 4 heteroatoms. The van der Waals surface area contributed by atoms with Crippen molar-refractivity contribution in [1.29, 1.82) is 0 Å². The molecule has 1 aromatic heterocycles. The number of fused-ring (bicyclic) bond motifs is 1. The SMILES string of the molecule is CCc1c(NC(=O)C2CCOC3=C2C=CCC3)cnc2ccccc12. The van der Waals surface area contributed by atoms with Gasteiger partial charge in [-0.2, -0.15) is 0 Å². The van der Waals surface area contributed by atoms with Gasteiger partial charge in [0, 0.05) is 17.4 Å². The fourth-order valence-corrected chi connectivity index (χ4v) is 3.76. The molecule has 0 spiro atoms. The molecule has 0 bridgehead atoms. The van der Waals surface area contributed by atoms with Gasteiger partial charge in [0.1, 0.15) is 5.76 Å². The summed E-state index contributed by atoms with van der Waals surface area (Å²) < 4.78 is 5.75. The summed E-state index contributed by atoms with van der Waals surface area (Å²) in [5.74, 6) is 0.881. The quantitative estimate of drug-likeness (QED) is 0.906. The number of nitrogens with one attached hydrogen (secondary N) is 1. The summed E-state index contributed by atoms with van der Waals surface area (Å²) in [6.45, 7) is 2.72. The van der Waals surface area contributed by atoms with Gasteiger partial charge >= 0.3 is 0 Å². The molecule has 2 aliphatic rings. The topological polar surface area (TPSA) is 51.2 Å². The van der Waals surface area contributed by atoms with Crippen molar-refractivity contribution in [3.8, 4) is 0 Å². The van der Waals surface area contributed by atoms with Crippen LogP contribution >= 0.6 is 0 Å². The van der Waals surface area contributed by atoms with Crippen LogP contribution in [0.2, 0.25) is 0 Å². The number of aryl methyl sites for hydroxylation is 1. The normalized spacial score (nSPS) is 19.5. The number of anilines is 1. The van der Waals surface area contributed by atoms with Crippen molar-refractivity contribution in [3.05, 3.63) is 59.5 Å². The van der Waals surface area contributed by atoms with E-state index in [1.807, 2.05) is 18.2 Å². The average Bonchev–Trinajstić information content (AvgIpc) is 2.67. The Hall–Kier alpha value is -2.62. The van der Waals surface area contributed by atoms with E-state index in [1.54, 1.807) is 6.20 Å². The molecule has 1 aliphatic heterocycles. The number of aromatic nitrogens is 1. The molecule has 1 N–H and O–H groups in total. The lowest BCUT2D eigenvalue weighted by atomic mass is 9.88. The van der Waals surface area contributed by atoms with E-state index in [0.29, 0.717) is 6.61 Å². The molecule has 0 saturated heterocycles. The Bertz CT molecular complexity index is 883. The molecule has 4 nitrogen and oxygen atoms in total. The zero-order valence-electron chi connectivity index (χ0n) is 14.4. The first-order chi connectivity index (χ1) is 12.3. The smallest absolute Gasteiger partial charge is 0.232 e. The fourth-order valence-electron chi connectivity index (χ4n) is 3.76. The van der Waals surface area contributed by atoms with Gasteiger partial charge in [0.25, 0.3) is 0 Å². The molecule has 0 radical (unpaired) electrons. The Morgan fingerprint density at radius 2 is 2.24 bits per heavy atom. The number of rotatable bonds is 3. The van der Waals surface area contributed by atoms with Crippen LogP contribution in [0.1, 0.15) is 31.7 Å². The van der Waals surface area contributed by atoms with Crippen molar-refractivity contribution in [3.63, 3.8) is 0 Å². The van der Waals surface area contributed by atoms with Crippen molar-refractivity contribution in [2.45, 2.75) is 32.6 Å². The summed E-state index contributed by atoms with van der Waals surface area (Å²) >= 11 is 0. The molecule has 1 aromatic carbocycles. The second-order valence-electron chi connectivity index (χ2n) is 6.52. The van der Waals surface area contributed by atoms with Gasteiger partial charge in [0.15, 0.2) is 0 Å². The van der Waals surface area contributed by atoms with Crippen LogP contribution in [0.25, 0.3) is 10.9 Å². The number of amides is 1. The van der Waals surface area contributed by atoms with Crippen LogP contribution in [0.15, 0.2) is 53.9 Å². The van der Waals surface area contributed by atoms with Gasteiger partial charge in [0.05, 0.1) is 29.9 Å². The molecule has 25 heavy (non-hydrogen) atoms. The Kier molecular flexibility index (Phi) is 4.26. The lowest BCUT2D eigenvalue weighted by Crippen LogP contribution is -2.30. The minimum absolute atomic E-state index is 0.0362. The highest BCUT2D eigenvalue weighted by molar-refractivity contribution is 5.98. The maximum atomic E-state index is 13.0. The van der Waals surface area contributed by atoms with Gasteiger partial charge in [-0.3, -0.25) is 9.78 Å². The maximum Gasteiger partial charge on any atom is 0.232 e. The lowest BCUT2D eigenvalue weighted by molar-refractivity contribution is -0.119. The second-order valence-corrected chi connectivity index (χ2v) is 6.52. The first kappa shape index (κ1) is 15.9. The molecule has 0 saturated carbocycles. The average molecular weight is 334 g/mol. The highest BCUT2D eigenvalue weighted by atomic mass is 16.5. The third kappa shape index (κ3) is 2.93. The number of ether oxygens (including phenoxy) is 1. The van der Waals surface area contributed by atoms with Crippen LogP contribution in [-0.2, 0) is 16.0 Å². The number of nitrogens with zero attached hydrogens (tertiary/aromatic N) is 1.